The van der Waals surface area contributed by atoms with Crippen molar-refractivity contribution in [3.8, 4) is 0 Å². The SMILES string of the molecule is N[C@]1(C(=O)O)C[C@H](C(=O)O)N(C(=O)CO)C1. The minimum Gasteiger partial charge on any atom is -0.480 e. The van der Waals surface area contributed by atoms with E-state index in [-0.39, 0.29) is 6.42 Å². The Morgan fingerprint density at radius 3 is 2.31 bits per heavy atom. The maximum Gasteiger partial charge on any atom is 0.326 e. The van der Waals surface area contributed by atoms with Crippen molar-refractivity contribution < 1.29 is 29.7 Å². The highest BCUT2D eigenvalue weighted by atomic mass is 16.4. The van der Waals surface area contributed by atoms with Crippen molar-refractivity contribution in [2.75, 3.05) is 13.2 Å². The van der Waals surface area contributed by atoms with Crippen LogP contribution in [0.4, 0.5) is 0 Å². The van der Waals surface area contributed by atoms with Gasteiger partial charge in [0.25, 0.3) is 0 Å². The summed E-state index contributed by atoms with van der Waals surface area (Å²) in [5, 5.41) is 26.3. The lowest BCUT2D eigenvalue weighted by Crippen LogP contribution is -2.50. The molecule has 1 fully saturated rings. The van der Waals surface area contributed by atoms with Gasteiger partial charge in [0.2, 0.25) is 5.91 Å². The lowest BCUT2D eigenvalue weighted by Gasteiger charge is -2.20. The highest BCUT2D eigenvalue weighted by molar-refractivity contribution is 5.89. The topological polar surface area (TPSA) is 141 Å². The van der Waals surface area contributed by atoms with Crippen LogP contribution in [-0.2, 0) is 14.4 Å². The minimum atomic E-state index is -1.77. The summed E-state index contributed by atoms with van der Waals surface area (Å²) < 4.78 is 0. The van der Waals surface area contributed by atoms with Crippen LogP contribution in [-0.4, -0.2) is 62.8 Å². The maximum absolute atomic E-state index is 11.2. The number of aliphatic hydroxyl groups is 1. The molecule has 0 spiro atoms. The van der Waals surface area contributed by atoms with Gasteiger partial charge in [-0.25, -0.2) is 4.79 Å². The van der Waals surface area contributed by atoms with Crippen LogP contribution in [0.2, 0.25) is 0 Å². The van der Waals surface area contributed by atoms with Crippen LogP contribution >= 0.6 is 0 Å². The summed E-state index contributed by atoms with van der Waals surface area (Å²) in [5.41, 5.74) is 3.70. The fourth-order valence-electron chi connectivity index (χ4n) is 1.66. The number of carbonyl (C=O) groups is 3. The fraction of sp³-hybridized carbons (Fsp3) is 0.625. The molecule has 1 amide bonds. The Balaban J connectivity index is 2.97. The van der Waals surface area contributed by atoms with Crippen molar-refractivity contribution in [2.24, 2.45) is 5.73 Å². The average molecular weight is 232 g/mol. The van der Waals surface area contributed by atoms with Crippen LogP contribution < -0.4 is 5.73 Å². The van der Waals surface area contributed by atoms with E-state index in [0.717, 1.165) is 4.90 Å². The van der Waals surface area contributed by atoms with E-state index in [0.29, 0.717) is 0 Å². The van der Waals surface area contributed by atoms with Gasteiger partial charge in [0.1, 0.15) is 18.2 Å². The Morgan fingerprint density at radius 1 is 1.38 bits per heavy atom. The number of carbonyl (C=O) groups excluding carboxylic acids is 1. The second kappa shape index (κ2) is 4.06. The van der Waals surface area contributed by atoms with E-state index in [1.807, 2.05) is 0 Å². The highest BCUT2D eigenvalue weighted by Crippen LogP contribution is 2.25. The van der Waals surface area contributed by atoms with Gasteiger partial charge in [-0.3, -0.25) is 9.59 Å². The Kier molecular flexibility index (Phi) is 3.15. The third-order valence-electron chi connectivity index (χ3n) is 2.55. The zero-order chi connectivity index (χ0) is 12.5. The molecule has 0 aliphatic carbocycles. The smallest absolute Gasteiger partial charge is 0.326 e. The van der Waals surface area contributed by atoms with Crippen molar-refractivity contribution in [2.45, 2.75) is 18.0 Å². The number of nitrogens with zero attached hydrogens (tertiary/aromatic N) is 1. The van der Waals surface area contributed by atoms with E-state index >= 15 is 0 Å². The van der Waals surface area contributed by atoms with Gasteiger partial charge in [0, 0.05) is 6.42 Å². The first-order valence-corrected chi connectivity index (χ1v) is 4.47. The first kappa shape index (κ1) is 12.4. The number of rotatable bonds is 3. The van der Waals surface area contributed by atoms with E-state index in [1.165, 1.54) is 0 Å². The molecular formula is C8H12N2O6. The van der Waals surface area contributed by atoms with Crippen LogP contribution in [0.3, 0.4) is 0 Å². The number of carboxylic acid groups (broad SMARTS) is 2. The van der Waals surface area contributed by atoms with E-state index in [2.05, 4.69) is 0 Å². The largest absolute Gasteiger partial charge is 0.480 e. The van der Waals surface area contributed by atoms with Crippen LogP contribution in [0, 0.1) is 0 Å². The van der Waals surface area contributed by atoms with Gasteiger partial charge < -0.3 is 26.0 Å². The summed E-state index contributed by atoms with van der Waals surface area (Å²) in [6.45, 7) is -1.29. The van der Waals surface area contributed by atoms with E-state index in [4.69, 9.17) is 21.1 Å². The summed E-state index contributed by atoms with van der Waals surface area (Å²) in [6, 6.07) is -1.30. The number of aliphatic hydroxyl groups excluding tert-OH is 1. The van der Waals surface area contributed by atoms with Gasteiger partial charge >= 0.3 is 11.9 Å². The van der Waals surface area contributed by atoms with Crippen molar-refractivity contribution in [3.63, 3.8) is 0 Å². The second-order valence-electron chi connectivity index (χ2n) is 3.70. The summed E-state index contributed by atoms with van der Waals surface area (Å²) in [5.74, 6) is -3.55. The molecule has 0 bridgehead atoms. The number of aliphatic carboxylic acids is 2. The molecule has 0 unspecified atom stereocenters. The summed E-state index contributed by atoms with van der Waals surface area (Å²) >= 11 is 0. The molecule has 16 heavy (non-hydrogen) atoms. The normalized spacial score (nSPS) is 29.1. The summed E-state index contributed by atoms with van der Waals surface area (Å²) in [7, 11) is 0. The minimum absolute atomic E-state index is 0.372. The number of amides is 1. The molecule has 2 atom stereocenters. The van der Waals surface area contributed by atoms with Gasteiger partial charge in [0.15, 0.2) is 0 Å². The molecule has 1 rings (SSSR count). The molecule has 90 valence electrons. The third-order valence-corrected chi connectivity index (χ3v) is 2.55. The van der Waals surface area contributed by atoms with Crippen molar-refractivity contribution >= 4 is 17.8 Å². The van der Waals surface area contributed by atoms with Crippen LogP contribution in [0.15, 0.2) is 0 Å². The average Bonchev–Trinajstić information content (AvgIpc) is 2.57. The van der Waals surface area contributed by atoms with Gasteiger partial charge in [-0.05, 0) is 0 Å². The zero-order valence-electron chi connectivity index (χ0n) is 8.29. The van der Waals surface area contributed by atoms with Gasteiger partial charge in [0.05, 0.1) is 6.54 Å². The standard InChI is InChI=1S/C8H12N2O6/c9-8(7(15)16)1-4(6(13)14)10(3-8)5(12)2-11/h4,11H,1-3,9H2,(H,13,14)(H,15,16)/t4-,8-/m1/s1. The van der Waals surface area contributed by atoms with Crippen LogP contribution in [0.1, 0.15) is 6.42 Å². The molecular weight excluding hydrogens is 220 g/mol. The predicted molar refractivity (Wildman–Crippen MR) is 49.4 cm³/mol. The molecule has 0 aromatic carbocycles. The summed E-state index contributed by atoms with van der Waals surface area (Å²) in [4.78, 5) is 33.6. The number of nitrogens with two attached hydrogens (primary N) is 1. The van der Waals surface area contributed by atoms with Crippen molar-refractivity contribution in [3.05, 3.63) is 0 Å². The third kappa shape index (κ3) is 1.97. The Labute approximate surface area is 90.3 Å². The molecule has 1 heterocycles. The molecule has 1 aliphatic rings. The Morgan fingerprint density at radius 2 is 1.94 bits per heavy atom. The molecule has 5 N–H and O–H groups in total. The highest BCUT2D eigenvalue weighted by Gasteiger charge is 2.51. The van der Waals surface area contributed by atoms with E-state index in [9.17, 15) is 14.4 Å². The van der Waals surface area contributed by atoms with Gasteiger partial charge in [-0.1, -0.05) is 0 Å². The molecule has 0 saturated carbocycles. The quantitative estimate of drug-likeness (QED) is 0.419. The number of likely N-dealkylation sites (tertiary alicyclic amines) is 1. The van der Waals surface area contributed by atoms with E-state index < -0.39 is 42.6 Å². The molecule has 1 saturated heterocycles. The fourth-order valence-corrected chi connectivity index (χ4v) is 1.66. The molecule has 0 radical (unpaired) electrons. The molecule has 8 heteroatoms. The molecule has 1 aliphatic heterocycles. The molecule has 8 nitrogen and oxygen atoms in total. The van der Waals surface area contributed by atoms with Crippen molar-refractivity contribution in [1.29, 1.82) is 0 Å². The van der Waals surface area contributed by atoms with Gasteiger partial charge in [-0.15, -0.1) is 0 Å². The van der Waals surface area contributed by atoms with Crippen LogP contribution in [0.25, 0.3) is 0 Å². The van der Waals surface area contributed by atoms with Gasteiger partial charge in [-0.2, -0.15) is 0 Å². The maximum atomic E-state index is 11.2. The number of carboxylic acids is 2. The first-order chi connectivity index (χ1) is 7.31. The monoisotopic (exact) mass is 232 g/mol. The van der Waals surface area contributed by atoms with E-state index in [1.54, 1.807) is 0 Å². The lowest BCUT2D eigenvalue weighted by atomic mass is 9.98. The molecule has 0 aromatic heterocycles. The Bertz CT molecular complexity index is 343. The van der Waals surface area contributed by atoms with Crippen molar-refractivity contribution in [1.82, 2.24) is 4.90 Å². The molecule has 0 aromatic rings. The number of hydrogen-bond donors (Lipinski definition) is 4. The Hall–Kier alpha value is -1.67. The van der Waals surface area contributed by atoms with Crippen LogP contribution in [0.5, 0.6) is 0 Å². The predicted octanol–water partition coefficient (Wildman–Crippen LogP) is -2.55. The zero-order valence-corrected chi connectivity index (χ0v) is 8.29. The number of hydrogen-bond acceptors (Lipinski definition) is 5. The second-order valence-corrected chi connectivity index (χ2v) is 3.70. The first-order valence-electron chi connectivity index (χ1n) is 4.47. The summed E-state index contributed by atoms with van der Waals surface area (Å²) in [6.07, 6.45) is -0.372. The lowest BCUT2D eigenvalue weighted by molar-refractivity contribution is -0.149.